The minimum atomic E-state index is -0.0834. The summed E-state index contributed by atoms with van der Waals surface area (Å²) in [6.45, 7) is 5.32. The fraction of sp³-hybridized carbons (Fsp3) is 0.524. The van der Waals surface area contributed by atoms with Crippen LogP contribution in [0, 0.1) is 0 Å². The Labute approximate surface area is 160 Å². The van der Waals surface area contributed by atoms with Crippen LogP contribution in [0.5, 0.6) is 0 Å². The molecule has 1 N–H and O–H groups in total. The Hall–Kier alpha value is -2.34. The van der Waals surface area contributed by atoms with Gasteiger partial charge in [-0.05, 0) is 31.2 Å². The smallest absolute Gasteiger partial charge is 0.254 e. The summed E-state index contributed by atoms with van der Waals surface area (Å²) in [6.07, 6.45) is 4.40. The van der Waals surface area contributed by atoms with E-state index in [1.807, 2.05) is 6.07 Å². The normalized spacial score (nSPS) is 23.0. The predicted molar refractivity (Wildman–Crippen MR) is 108 cm³/mol. The largest absolute Gasteiger partial charge is 0.375 e. The van der Waals surface area contributed by atoms with Crippen LogP contribution in [0.3, 0.4) is 0 Å². The molecule has 0 radical (unpaired) electrons. The SMILES string of the molecule is CC[C@@H]1CN(c2cc(=O)[nH]c(N3CCC[C@H]3Cc3ccccc3)n2)CCO1. The van der Waals surface area contributed by atoms with Crippen molar-refractivity contribution in [2.45, 2.75) is 44.8 Å². The van der Waals surface area contributed by atoms with E-state index >= 15 is 0 Å². The Morgan fingerprint density at radius 1 is 1.26 bits per heavy atom. The summed E-state index contributed by atoms with van der Waals surface area (Å²) in [5.41, 5.74) is 1.24. The van der Waals surface area contributed by atoms with Gasteiger partial charge >= 0.3 is 0 Å². The van der Waals surface area contributed by atoms with Gasteiger partial charge in [-0.1, -0.05) is 37.3 Å². The highest BCUT2D eigenvalue weighted by atomic mass is 16.5. The lowest BCUT2D eigenvalue weighted by molar-refractivity contribution is 0.0381. The molecule has 2 aliphatic heterocycles. The number of nitrogens with zero attached hydrogens (tertiary/aromatic N) is 3. The Kier molecular flexibility index (Phi) is 5.43. The van der Waals surface area contributed by atoms with Gasteiger partial charge in [-0.15, -0.1) is 0 Å². The van der Waals surface area contributed by atoms with Gasteiger partial charge in [0.05, 0.1) is 12.7 Å². The standard InChI is InChI=1S/C21H28N4O2/c1-2-18-15-24(11-12-27-18)19-14-20(26)23-21(22-19)25-10-6-9-17(25)13-16-7-4-3-5-8-16/h3-5,7-8,14,17-18H,2,6,9-13,15H2,1H3,(H,22,23,26)/t17-,18+/m0/s1. The molecule has 144 valence electrons. The second-order valence-electron chi connectivity index (χ2n) is 7.45. The van der Waals surface area contributed by atoms with Crippen molar-refractivity contribution in [3.8, 4) is 0 Å². The average Bonchev–Trinajstić information content (AvgIpc) is 3.16. The van der Waals surface area contributed by atoms with E-state index in [-0.39, 0.29) is 11.7 Å². The van der Waals surface area contributed by atoms with Crippen LogP contribution in [0.2, 0.25) is 0 Å². The number of nitrogens with one attached hydrogen (secondary N) is 1. The number of morpholine rings is 1. The topological polar surface area (TPSA) is 61.5 Å². The number of ether oxygens (including phenoxy) is 1. The zero-order chi connectivity index (χ0) is 18.6. The van der Waals surface area contributed by atoms with Crippen molar-refractivity contribution in [1.29, 1.82) is 0 Å². The fourth-order valence-corrected chi connectivity index (χ4v) is 4.12. The minimum Gasteiger partial charge on any atom is -0.375 e. The summed E-state index contributed by atoms with van der Waals surface area (Å²) < 4.78 is 5.76. The van der Waals surface area contributed by atoms with Gasteiger partial charge in [0.15, 0.2) is 0 Å². The van der Waals surface area contributed by atoms with E-state index in [2.05, 4.69) is 46.0 Å². The minimum absolute atomic E-state index is 0.0834. The fourth-order valence-electron chi connectivity index (χ4n) is 4.12. The highest BCUT2D eigenvalue weighted by Crippen LogP contribution is 2.26. The van der Waals surface area contributed by atoms with Gasteiger partial charge in [-0.25, -0.2) is 0 Å². The molecule has 2 aliphatic rings. The molecule has 2 saturated heterocycles. The van der Waals surface area contributed by atoms with Gasteiger partial charge in [0.2, 0.25) is 5.95 Å². The quantitative estimate of drug-likeness (QED) is 0.879. The highest BCUT2D eigenvalue weighted by molar-refractivity contribution is 5.45. The molecular formula is C21H28N4O2. The Morgan fingerprint density at radius 2 is 2.11 bits per heavy atom. The van der Waals surface area contributed by atoms with Crippen molar-refractivity contribution >= 4 is 11.8 Å². The third kappa shape index (κ3) is 4.16. The predicted octanol–water partition coefficient (Wildman–Crippen LogP) is 2.60. The lowest BCUT2D eigenvalue weighted by Gasteiger charge is -2.34. The first-order valence-electron chi connectivity index (χ1n) is 10.0. The zero-order valence-electron chi connectivity index (χ0n) is 15.9. The van der Waals surface area contributed by atoms with Crippen LogP contribution in [0.4, 0.5) is 11.8 Å². The van der Waals surface area contributed by atoms with Crippen molar-refractivity contribution in [1.82, 2.24) is 9.97 Å². The maximum absolute atomic E-state index is 12.3. The molecule has 6 heteroatoms. The molecule has 2 aromatic rings. The van der Waals surface area contributed by atoms with Gasteiger partial charge in [-0.2, -0.15) is 4.98 Å². The molecule has 1 aromatic carbocycles. The first-order chi connectivity index (χ1) is 13.2. The third-order valence-corrected chi connectivity index (χ3v) is 5.60. The average molecular weight is 368 g/mol. The van der Waals surface area contributed by atoms with E-state index in [1.54, 1.807) is 6.07 Å². The molecule has 2 atom stereocenters. The van der Waals surface area contributed by atoms with Gasteiger partial charge in [-0.3, -0.25) is 9.78 Å². The van der Waals surface area contributed by atoms with E-state index in [0.29, 0.717) is 18.6 Å². The van der Waals surface area contributed by atoms with Crippen LogP contribution in [0.25, 0.3) is 0 Å². The number of H-pyrrole nitrogens is 1. The molecule has 0 saturated carbocycles. The van der Waals surface area contributed by atoms with Crippen LogP contribution in [-0.4, -0.2) is 48.4 Å². The van der Waals surface area contributed by atoms with Crippen LogP contribution < -0.4 is 15.4 Å². The van der Waals surface area contributed by atoms with Crippen molar-refractivity contribution < 1.29 is 4.74 Å². The van der Waals surface area contributed by atoms with Gasteiger partial charge < -0.3 is 14.5 Å². The molecule has 0 spiro atoms. The van der Waals surface area contributed by atoms with Gasteiger partial charge in [0.25, 0.3) is 5.56 Å². The number of anilines is 2. The molecule has 27 heavy (non-hydrogen) atoms. The van der Waals surface area contributed by atoms with E-state index in [4.69, 9.17) is 9.72 Å². The molecule has 0 bridgehead atoms. The van der Waals surface area contributed by atoms with E-state index < -0.39 is 0 Å². The van der Waals surface area contributed by atoms with E-state index in [0.717, 1.165) is 51.1 Å². The van der Waals surface area contributed by atoms with E-state index in [1.165, 1.54) is 5.56 Å². The molecule has 2 fully saturated rings. The second-order valence-corrected chi connectivity index (χ2v) is 7.45. The lowest BCUT2D eigenvalue weighted by atomic mass is 10.0. The Morgan fingerprint density at radius 3 is 2.93 bits per heavy atom. The molecule has 4 rings (SSSR count). The number of hydrogen-bond donors (Lipinski definition) is 1. The van der Waals surface area contributed by atoms with Crippen LogP contribution >= 0.6 is 0 Å². The lowest BCUT2D eigenvalue weighted by Crippen LogP contribution is -2.43. The summed E-state index contributed by atoms with van der Waals surface area (Å²) in [7, 11) is 0. The first kappa shape index (κ1) is 18.0. The molecule has 3 heterocycles. The molecule has 0 unspecified atom stereocenters. The van der Waals surface area contributed by atoms with Crippen LogP contribution in [0.15, 0.2) is 41.2 Å². The Balaban J connectivity index is 1.56. The maximum Gasteiger partial charge on any atom is 0.254 e. The molecule has 0 aliphatic carbocycles. The van der Waals surface area contributed by atoms with Crippen molar-refractivity contribution in [2.75, 3.05) is 36.0 Å². The number of hydrogen-bond acceptors (Lipinski definition) is 5. The van der Waals surface area contributed by atoms with Crippen molar-refractivity contribution in [2.24, 2.45) is 0 Å². The van der Waals surface area contributed by atoms with Gasteiger partial charge in [0, 0.05) is 31.7 Å². The van der Waals surface area contributed by atoms with Crippen molar-refractivity contribution in [3.63, 3.8) is 0 Å². The third-order valence-electron chi connectivity index (χ3n) is 5.60. The Bertz CT molecular complexity index is 807. The molecule has 1 aromatic heterocycles. The van der Waals surface area contributed by atoms with Gasteiger partial charge in [0.1, 0.15) is 5.82 Å². The monoisotopic (exact) mass is 368 g/mol. The van der Waals surface area contributed by atoms with E-state index in [9.17, 15) is 4.79 Å². The summed E-state index contributed by atoms with van der Waals surface area (Å²) in [5, 5.41) is 0. The van der Waals surface area contributed by atoms with Crippen LogP contribution in [-0.2, 0) is 11.2 Å². The molecule has 6 nitrogen and oxygen atoms in total. The second kappa shape index (κ2) is 8.13. The van der Waals surface area contributed by atoms with Crippen molar-refractivity contribution in [3.05, 3.63) is 52.3 Å². The molecule has 0 amide bonds. The maximum atomic E-state index is 12.3. The summed E-state index contributed by atoms with van der Waals surface area (Å²) >= 11 is 0. The summed E-state index contributed by atoms with van der Waals surface area (Å²) in [4.78, 5) is 24.6. The first-order valence-corrected chi connectivity index (χ1v) is 10.0. The molecular weight excluding hydrogens is 340 g/mol. The zero-order valence-corrected chi connectivity index (χ0v) is 15.9. The number of benzene rings is 1. The highest BCUT2D eigenvalue weighted by Gasteiger charge is 2.28. The van der Waals surface area contributed by atoms with Crippen LogP contribution in [0.1, 0.15) is 31.7 Å². The number of aromatic nitrogens is 2. The summed E-state index contributed by atoms with van der Waals surface area (Å²) in [5.74, 6) is 1.47. The number of aromatic amines is 1. The summed E-state index contributed by atoms with van der Waals surface area (Å²) in [6, 6.07) is 12.5. The number of rotatable bonds is 5.